The van der Waals surface area contributed by atoms with Crippen LogP contribution in [-0.4, -0.2) is 18.0 Å². The van der Waals surface area contributed by atoms with Crippen LogP contribution in [0.3, 0.4) is 0 Å². The SMILES string of the molecule is Cl.NC1(CNC(=O)c2cc3c(s2)CCC3)CCCCC1. The molecule has 1 amide bonds. The molecule has 112 valence electrons. The predicted octanol–water partition coefficient (Wildman–Crippen LogP) is 3.05. The zero-order valence-electron chi connectivity index (χ0n) is 11.7. The molecule has 0 saturated heterocycles. The Morgan fingerprint density at radius 1 is 1.25 bits per heavy atom. The van der Waals surface area contributed by atoms with Crippen molar-refractivity contribution in [3.8, 4) is 0 Å². The molecule has 1 aromatic heterocycles. The van der Waals surface area contributed by atoms with Gasteiger partial charge in [0.1, 0.15) is 0 Å². The Morgan fingerprint density at radius 2 is 2.00 bits per heavy atom. The number of thiophene rings is 1. The van der Waals surface area contributed by atoms with Gasteiger partial charge in [-0.15, -0.1) is 23.7 Å². The molecule has 3 rings (SSSR count). The Hall–Kier alpha value is -0.580. The molecular weight excluding hydrogens is 292 g/mol. The summed E-state index contributed by atoms with van der Waals surface area (Å²) in [4.78, 5) is 14.5. The Bertz CT molecular complexity index is 459. The van der Waals surface area contributed by atoms with E-state index in [9.17, 15) is 4.79 Å². The average molecular weight is 315 g/mol. The number of carbonyl (C=O) groups excluding carboxylic acids is 1. The molecule has 1 aromatic rings. The number of aryl methyl sites for hydroxylation is 2. The van der Waals surface area contributed by atoms with Crippen molar-refractivity contribution in [2.24, 2.45) is 5.73 Å². The number of hydrogen-bond donors (Lipinski definition) is 2. The van der Waals surface area contributed by atoms with Crippen LogP contribution in [0.25, 0.3) is 0 Å². The number of nitrogens with two attached hydrogens (primary N) is 1. The average Bonchev–Trinajstić information content (AvgIpc) is 2.97. The van der Waals surface area contributed by atoms with Gasteiger partial charge >= 0.3 is 0 Å². The standard InChI is InChI=1S/C15H22N2OS.ClH/c16-15(7-2-1-3-8-15)10-17-14(18)13-9-11-5-4-6-12(11)19-13;/h9H,1-8,10,16H2,(H,17,18);1H. The molecule has 5 heteroatoms. The maximum atomic E-state index is 12.2. The highest BCUT2D eigenvalue weighted by molar-refractivity contribution is 7.14. The van der Waals surface area contributed by atoms with Gasteiger partial charge in [0.15, 0.2) is 0 Å². The topological polar surface area (TPSA) is 55.1 Å². The predicted molar refractivity (Wildman–Crippen MR) is 85.9 cm³/mol. The summed E-state index contributed by atoms with van der Waals surface area (Å²) in [6.45, 7) is 0.619. The quantitative estimate of drug-likeness (QED) is 0.901. The largest absolute Gasteiger partial charge is 0.349 e. The van der Waals surface area contributed by atoms with Gasteiger partial charge in [-0.3, -0.25) is 4.79 Å². The lowest BCUT2D eigenvalue weighted by molar-refractivity contribution is 0.0941. The summed E-state index contributed by atoms with van der Waals surface area (Å²) in [5.41, 5.74) is 7.56. The summed E-state index contributed by atoms with van der Waals surface area (Å²) in [5, 5.41) is 3.04. The number of amides is 1. The van der Waals surface area contributed by atoms with Gasteiger partial charge in [0, 0.05) is 17.0 Å². The van der Waals surface area contributed by atoms with Crippen molar-refractivity contribution in [2.45, 2.75) is 56.9 Å². The number of rotatable bonds is 3. The second kappa shape index (κ2) is 6.46. The van der Waals surface area contributed by atoms with Crippen LogP contribution >= 0.6 is 23.7 Å². The van der Waals surface area contributed by atoms with E-state index in [1.165, 1.54) is 36.1 Å². The van der Waals surface area contributed by atoms with Crippen molar-refractivity contribution < 1.29 is 4.79 Å². The van der Waals surface area contributed by atoms with Crippen LogP contribution in [0.5, 0.6) is 0 Å². The van der Waals surface area contributed by atoms with E-state index < -0.39 is 0 Å². The molecule has 0 spiro atoms. The molecule has 1 heterocycles. The van der Waals surface area contributed by atoms with Gasteiger partial charge in [0.05, 0.1) is 4.88 Å². The summed E-state index contributed by atoms with van der Waals surface area (Å²) < 4.78 is 0. The Balaban J connectivity index is 0.00000147. The van der Waals surface area contributed by atoms with Crippen molar-refractivity contribution in [3.63, 3.8) is 0 Å². The minimum absolute atomic E-state index is 0. The Morgan fingerprint density at radius 3 is 2.70 bits per heavy atom. The zero-order valence-corrected chi connectivity index (χ0v) is 13.4. The second-order valence-corrected chi connectivity index (χ2v) is 7.16. The molecule has 0 aliphatic heterocycles. The summed E-state index contributed by atoms with van der Waals surface area (Å²) in [6, 6.07) is 2.08. The van der Waals surface area contributed by atoms with Gasteiger partial charge in [-0.05, 0) is 43.7 Å². The van der Waals surface area contributed by atoms with Crippen LogP contribution in [0.15, 0.2) is 6.07 Å². The lowest BCUT2D eigenvalue weighted by Gasteiger charge is -2.33. The van der Waals surface area contributed by atoms with E-state index in [2.05, 4.69) is 11.4 Å². The lowest BCUT2D eigenvalue weighted by atomic mass is 9.82. The molecule has 3 nitrogen and oxygen atoms in total. The first-order chi connectivity index (χ1) is 9.16. The minimum Gasteiger partial charge on any atom is -0.349 e. The molecule has 0 aromatic carbocycles. The van der Waals surface area contributed by atoms with Crippen LogP contribution in [0.1, 0.15) is 58.6 Å². The van der Waals surface area contributed by atoms with Crippen LogP contribution in [-0.2, 0) is 12.8 Å². The highest BCUT2D eigenvalue weighted by Crippen LogP contribution is 2.30. The first-order valence-electron chi connectivity index (χ1n) is 7.35. The van der Waals surface area contributed by atoms with Gasteiger partial charge in [-0.1, -0.05) is 19.3 Å². The molecule has 0 unspecified atom stereocenters. The summed E-state index contributed by atoms with van der Waals surface area (Å²) in [7, 11) is 0. The second-order valence-electron chi connectivity index (χ2n) is 6.02. The van der Waals surface area contributed by atoms with Crippen molar-refractivity contribution in [1.29, 1.82) is 0 Å². The Labute approximate surface area is 130 Å². The molecule has 0 radical (unpaired) electrons. The van der Waals surface area contributed by atoms with E-state index in [-0.39, 0.29) is 23.9 Å². The van der Waals surface area contributed by atoms with Crippen LogP contribution in [0.2, 0.25) is 0 Å². The summed E-state index contributed by atoms with van der Waals surface area (Å²) in [5.74, 6) is 0.0646. The Kier molecular flexibility index (Phi) is 5.10. The van der Waals surface area contributed by atoms with Gasteiger partial charge in [0.25, 0.3) is 5.91 Å². The fraction of sp³-hybridized carbons (Fsp3) is 0.667. The van der Waals surface area contributed by atoms with Crippen molar-refractivity contribution in [1.82, 2.24) is 5.32 Å². The van der Waals surface area contributed by atoms with E-state index in [0.717, 1.165) is 30.6 Å². The third-order valence-electron chi connectivity index (χ3n) is 4.42. The maximum Gasteiger partial charge on any atom is 0.261 e. The first-order valence-corrected chi connectivity index (χ1v) is 8.17. The van der Waals surface area contributed by atoms with E-state index in [1.807, 2.05) is 0 Å². The van der Waals surface area contributed by atoms with Gasteiger partial charge in [-0.25, -0.2) is 0 Å². The fourth-order valence-electron chi connectivity index (χ4n) is 3.22. The van der Waals surface area contributed by atoms with E-state index in [1.54, 1.807) is 11.3 Å². The third kappa shape index (κ3) is 3.35. The molecular formula is C15H23ClN2OS. The molecule has 2 aliphatic rings. The molecule has 2 aliphatic carbocycles. The number of hydrogen-bond acceptors (Lipinski definition) is 3. The molecule has 1 saturated carbocycles. The molecule has 0 atom stereocenters. The van der Waals surface area contributed by atoms with Gasteiger partial charge in [-0.2, -0.15) is 0 Å². The van der Waals surface area contributed by atoms with Crippen molar-refractivity contribution in [3.05, 3.63) is 21.4 Å². The van der Waals surface area contributed by atoms with Crippen LogP contribution in [0, 0.1) is 0 Å². The summed E-state index contributed by atoms with van der Waals surface area (Å²) >= 11 is 1.66. The maximum absolute atomic E-state index is 12.2. The third-order valence-corrected chi connectivity index (χ3v) is 5.66. The first kappa shape index (κ1) is 15.8. The van der Waals surface area contributed by atoms with E-state index in [4.69, 9.17) is 5.73 Å². The highest BCUT2D eigenvalue weighted by atomic mass is 35.5. The van der Waals surface area contributed by atoms with Crippen molar-refractivity contribution >= 4 is 29.7 Å². The normalized spacial score (nSPS) is 20.1. The number of carbonyl (C=O) groups is 1. The van der Waals surface area contributed by atoms with E-state index >= 15 is 0 Å². The number of halogens is 1. The fourth-order valence-corrected chi connectivity index (χ4v) is 4.39. The highest BCUT2D eigenvalue weighted by Gasteiger charge is 2.28. The smallest absolute Gasteiger partial charge is 0.261 e. The van der Waals surface area contributed by atoms with Crippen molar-refractivity contribution in [2.75, 3.05) is 6.54 Å². The lowest BCUT2D eigenvalue weighted by Crippen LogP contribution is -2.51. The number of fused-ring (bicyclic) bond motifs is 1. The summed E-state index contributed by atoms with van der Waals surface area (Å²) in [6.07, 6.45) is 9.27. The zero-order chi connectivity index (χ0) is 13.3. The van der Waals surface area contributed by atoms with Gasteiger partial charge in [0.2, 0.25) is 0 Å². The molecule has 0 bridgehead atoms. The minimum atomic E-state index is -0.173. The molecule has 1 fully saturated rings. The monoisotopic (exact) mass is 314 g/mol. The number of nitrogens with one attached hydrogen (secondary N) is 1. The van der Waals surface area contributed by atoms with E-state index in [0.29, 0.717) is 6.54 Å². The molecule has 3 N–H and O–H groups in total. The molecule has 20 heavy (non-hydrogen) atoms. The van der Waals surface area contributed by atoms with Crippen LogP contribution < -0.4 is 11.1 Å². The van der Waals surface area contributed by atoms with Gasteiger partial charge < -0.3 is 11.1 Å². The van der Waals surface area contributed by atoms with Crippen LogP contribution in [0.4, 0.5) is 0 Å².